The molecular weight excluding hydrogens is 362 g/mol. The summed E-state index contributed by atoms with van der Waals surface area (Å²) >= 11 is 0. The van der Waals surface area contributed by atoms with E-state index in [9.17, 15) is 13.2 Å². The molecule has 0 aromatic heterocycles. The minimum atomic E-state index is -3.48. The van der Waals surface area contributed by atoms with Gasteiger partial charge in [-0.25, -0.2) is 13.1 Å². The largest absolute Gasteiger partial charge is 0.327 e. The van der Waals surface area contributed by atoms with Gasteiger partial charge in [0, 0.05) is 18.3 Å². The summed E-state index contributed by atoms with van der Waals surface area (Å²) in [6.07, 6.45) is 4.00. The average Bonchev–Trinajstić information content (AvgIpc) is 3.14. The molecule has 0 spiro atoms. The Labute approximate surface area is 155 Å². The second-order valence-electron chi connectivity index (χ2n) is 6.85. The van der Waals surface area contributed by atoms with Crippen molar-refractivity contribution in [2.24, 2.45) is 23.5 Å². The Kier molecular flexibility index (Phi) is 6.48. The van der Waals surface area contributed by atoms with E-state index in [1.54, 1.807) is 12.1 Å². The first-order valence-electron chi connectivity index (χ1n) is 8.58. The molecule has 1 aromatic carbocycles. The molecule has 25 heavy (non-hydrogen) atoms. The van der Waals surface area contributed by atoms with Crippen LogP contribution in [0.4, 0.5) is 5.69 Å². The Morgan fingerprint density at radius 2 is 1.84 bits per heavy atom. The highest BCUT2D eigenvalue weighted by molar-refractivity contribution is 7.89. The third-order valence-corrected chi connectivity index (χ3v) is 6.73. The maximum absolute atomic E-state index is 12.5. The molecule has 1 aromatic rings. The smallest absolute Gasteiger partial charge is 0.240 e. The summed E-state index contributed by atoms with van der Waals surface area (Å²) in [5.74, 6) is 0.693. The molecule has 140 valence electrons. The summed E-state index contributed by atoms with van der Waals surface area (Å²) in [5.41, 5.74) is 6.80. The lowest BCUT2D eigenvalue weighted by Crippen LogP contribution is -2.42. The van der Waals surface area contributed by atoms with E-state index >= 15 is 0 Å². The van der Waals surface area contributed by atoms with Crippen LogP contribution in [0.1, 0.15) is 32.6 Å². The number of anilines is 1. The zero-order valence-corrected chi connectivity index (χ0v) is 15.9. The minimum absolute atomic E-state index is 0. The molecule has 0 heterocycles. The number of rotatable bonds is 6. The number of hydrogen-bond acceptors (Lipinski definition) is 4. The first-order chi connectivity index (χ1) is 11.4. The van der Waals surface area contributed by atoms with Crippen LogP contribution in [0.3, 0.4) is 0 Å². The molecule has 6 nitrogen and oxygen atoms in total. The highest BCUT2D eigenvalue weighted by Crippen LogP contribution is 2.47. The van der Waals surface area contributed by atoms with Gasteiger partial charge in [0.2, 0.25) is 15.9 Å². The maximum Gasteiger partial charge on any atom is 0.240 e. The summed E-state index contributed by atoms with van der Waals surface area (Å²) < 4.78 is 26.6. The molecule has 2 bridgehead atoms. The Balaban J connectivity index is 0.00000225. The van der Waals surface area contributed by atoms with Crippen LogP contribution in [-0.2, 0) is 14.8 Å². The number of sulfonamides is 1. The Morgan fingerprint density at radius 3 is 2.40 bits per heavy atom. The van der Waals surface area contributed by atoms with Crippen LogP contribution in [0.2, 0.25) is 0 Å². The van der Waals surface area contributed by atoms with Crippen LogP contribution >= 0.6 is 12.4 Å². The number of nitrogens with two attached hydrogens (primary N) is 1. The van der Waals surface area contributed by atoms with Crippen molar-refractivity contribution >= 4 is 34.0 Å². The first-order valence-corrected chi connectivity index (χ1v) is 10.1. The minimum Gasteiger partial charge on any atom is -0.327 e. The predicted molar refractivity (Wildman–Crippen MR) is 100 cm³/mol. The van der Waals surface area contributed by atoms with Crippen LogP contribution in [0.25, 0.3) is 0 Å². The SMILES string of the molecule is CCCNS(=O)(=O)c1ccc(NC(=O)C2C3CCC(C3)C2N)cc1.Cl. The lowest BCUT2D eigenvalue weighted by Gasteiger charge is -2.27. The second kappa shape index (κ2) is 8.03. The monoisotopic (exact) mass is 387 g/mol. The van der Waals surface area contributed by atoms with Gasteiger partial charge in [-0.3, -0.25) is 4.79 Å². The van der Waals surface area contributed by atoms with E-state index in [2.05, 4.69) is 10.0 Å². The van der Waals surface area contributed by atoms with E-state index in [1.165, 1.54) is 12.1 Å². The standard InChI is InChI=1S/C17H25N3O3S.ClH/c1-2-9-19-24(22,23)14-7-5-13(6-8-14)20-17(21)15-11-3-4-12(10-11)16(15)18;/h5-8,11-12,15-16,19H,2-4,9-10,18H2,1H3,(H,20,21);1H. The molecule has 2 fully saturated rings. The van der Waals surface area contributed by atoms with E-state index in [-0.39, 0.29) is 35.2 Å². The fourth-order valence-corrected chi connectivity index (χ4v) is 5.12. The van der Waals surface area contributed by atoms with Gasteiger partial charge in [0.05, 0.1) is 10.8 Å². The molecule has 4 atom stereocenters. The van der Waals surface area contributed by atoms with E-state index in [0.29, 0.717) is 24.1 Å². The van der Waals surface area contributed by atoms with Crippen LogP contribution in [0.15, 0.2) is 29.2 Å². The van der Waals surface area contributed by atoms with Crippen LogP contribution in [0.5, 0.6) is 0 Å². The second-order valence-corrected chi connectivity index (χ2v) is 8.61. The number of carbonyl (C=O) groups is 1. The van der Waals surface area contributed by atoms with E-state index in [0.717, 1.165) is 25.7 Å². The molecule has 4 N–H and O–H groups in total. The molecule has 3 rings (SSSR count). The van der Waals surface area contributed by atoms with Gasteiger partial charge >= 0.3 is 0 Å². The molecule has 0 radical (unpaired) electrons. The normalized spacial score (nSPS) is 27.8. The predicted octanol–water partition coefficient (Wildman–Crippen LogP) is 2.11. The van der Waals surface area contributed by atoms with Crippen molar-refractivity contribution in [1.82, 2.24) is 4.72 Å². The molecule has 1 amide bonds. The maximum atomic E-state index is 12.5. The van der Waals surface area contributed by atoms with Crippen LogP contribution in [-0.4, -0.2) is 26.9 Å². The van der Waals surface area contributed by atoms with Crippen molar-refractivity contribution in [2.45, 2.75) is 43.5 Å². The number of nitrogens with one attached hydrogen (secondary N) is 2. The highest BCUT2D eigenvalue weighted by atomic mass is 35.5. The number of carbonyl (C=O) groups excluding carboxylic acids is 1. The number of fused-ring (bicyclic) bond motifs is 2. The van der Waals surface area contributed by atoms with Gasteiger partial charge in [0.15, 0.2) is 0 Å². The number of benzene rings is 1. The molecule has 4 unspecified atom stereocenters. The highest BCUT2D eigenvalue weighted by Gasteiger charge is 2.49. The van der Waals surface area contributed by atoms with Crippen molar-refractivity contribution in [3.05, 3.63) is 24.3 Å². The molecule has 2 aliphatic carbocycles. The van der Waals surface area contributed by atoms with Crippen LogP contribution in [0, 0.1) is 17.8 Å². The Morgan fingerprint density at radius 1 is 1.20 bits per heavy atom. The average molecular weight is 388 g/mol. The lowest BCUT2D eigenvalue weighted by molar-refractivity contribution is -0.121. The molecule has 0 saturated heterocycles. The van der Waals surface area contributed by atoms with Gasteiger partial charge in [-0.15, -0.1) is 12.4 Å². The van der Waals surface area contributed by atoms with Crippen molar-refractivity contribution in [2.75, 3.05) is 11.9 Å². The number of hydrogen-bond donors (Lipinski definition) is 3. The van der Waals surface area contributed by atoms with Gasteiger partial charge in [0.1, 0.15) is 0 Å². The van der Waals surface area contributed by atoms with Crippen molar-refractivity contribution in [3.63, 3.8) is 0 Å². The van der Waals surface area contributed by atoms with Crippen molar-refractivity contribution < 1.29 is 13.2 Å². The molecule has 8 heteroatoms. The summed E-state index contributed by atoms with van der Waals surface area (Å²) in [6, 6.07) is 6.21. The zero-order chi connectivity index (χ0) is 17.3. The van der Waals surface area contributed by atoms with Gasteiger partial charge in [0.25, 0.3) is 0 Å². The molecule has 2 aliphatic rings. The van der Waals surface area contributed by atoms with Gasteiger partial charge in [-0.05, 0) is 61.8 Å². The van der Waals surface area contributed by atoms with E-state index < -0.39 is 10.0 Å². The number of halogens is 1. The molecule has 2 saturated carbocycles. The van der Waals surface area contributed by atoms with Crippen molar-refractivity contribution in [1.29, 1.82) is 0 Å². The number of amides is 1. The summed E-state index contributed by atoms with van der Waals surface area (Å²) in [7, 11) is -3.48. The topological polar surface area (TPSA) is 101 Å². The lowest BCUT2D eigenvalue weighted by atomic mass is 9.84. The van der Waals surface area contributed by atoms with Gasteiger partial charge < -0.3 is 11.1 Å². The molecular formula is C17H26ClN3O3S. The van der Waals surface area contributed by atoms with Gasteiger partial charge in [-0.2, -0.15) is 0 Å². The van der Waals surface area contributed by atoms with Gasteiger partial charge in [-0.1, -0.05) is 6.92 Å². The Bertz CT molecular complexity index is 706. The quantitative estimate of drug-likeness (QED) is 0.695. The van der Waals surface area contributed by atoms with E-state index in [1.807, 2.05) is 6.92 Å². The fourth-order valence-electron chi connectivity index (χ4n) is 3.99. The summed E-state index contributed by atoms with van der Waals surface area (Å²) in [5, 5.41) is 2.89. The zero-order valence-electron chi connectivity index (χ0n) is 14.3. The Hall–Kier alpha value is -1.15. The third-order valence-electron chi connectivity index (χ3n) is 5.26. The molecule has 0 aliphatic heterocycles. The van der Waals surface area contributed by atoms with E-state index in [4.69, 9.17) is 5.73 Å². The van der Waals surface area contributed by atoms with Crippen molar-refractivity contribution in [3.8, 4) is 0 Å². The van der Waals surface area contributed by atoms with Crippen LogP contribution < -0.4 is 15.8 Å². The fraction of sp³-hybridized carbons (Fsp3) is 0.588. The summed E-state index contributed by atoms with van der Waals surface area (Å²) in [6.45, 7) is 2.31. The third kappa shape index (κ3) is 4.16. The first kappa shape index (κ1) is 20.2. The summed E-state index contributed by atoms with van der Waals surface area (Å²) in [4.78, 5) is 12.7.